The zero-order valence-electron chi connectivity index (χ0n) is 12.2. The second-order valence-electron chi connectivity index (χ2n) is 4.79. The topological polar surface area (TPSA) is 38.3 Å². The standard InChI is InChI=1S/C17H17ClFNO2/c1-2-15(22-16-6-4-3-5-14(16)19)17(21)20-11-12-7-9-13(18)10-8-12/h3-10,15H,2,11H2,1H3,(H,20,21). The van der Waals surface area contributed by atoms with Crippen LogP contribution in [0.4, 0.5) is 4.39 Å². The Bertz CT molecular complexity index is 631. The van der Waals surface area contributed by atoms with E-state index in [1.54, 1.807) is 24.3 Å². The Morgan fingerprint density at radius 2 is 1.91 bits per heavy atom. The normalized spacial score (nSPS) is 11.8. The van der Waals surface area contributed by atoms with Gasteiger partial charge in [-0.2, -0.15) is 0 Å². The first-order chi connectivity index (χ1) is 10.6. The highest BCUT2D eigenvalue weighted by Gasteiger charge is 2.19. The summed E-state index contributed by atoms with van der Waals surface area (Å²) in [5.41, 5.74) is 0.929. The van der Waals surface area contributed by atoms with Gasteiger partial charge < -0.3 is 10.1 Å². The maximum Gasteiger partial charge on any atom is 0.261 e. The number of benzene rings is 2. The highest BCUT2D eigenvalue weighted by atomic mass is 35.5. The van der Waals surface area contributed by atoms with Gasteiger partial charge in [-0.05, 0) is 36.2 Å². The second kappa shape index (κ2) is 7.80. The van der Waals surface area contributed by atoms with Crippen LogP contribution in [0.25, 0.3) is 0 Å². The van der Waals surface area contributed by atoms with Gasteiger partial charge in [0.2, 0.25) is 0 Å². The Labute approximate surface area is 134 Å². The SMILES string of the molecule is CCC(Oc1ccccc1F)C(=O)NCc1ccc(Cl)cc1. The molecule has 0 spiro atoms. The summed E-state index contributed by atoms with van der Waals surface area (Å²) in [5, 5.41) is 3.42. The fourth-order valence-corrected chi connectivity index (χ4v) is 2.05. The van der Waals surface area contributed by atoms with E-state index >= 15 is 0 Å². The van der Waals surface area contributed by atoms with Crippen molar-refractivity contribution in [2.45, 2.75) is 26.0 Å². The van der Waals surface area contributed by atoms with Crippen molar-refractivity contribution < 1.29 is 13.9 Å². The molecule has 2 aromatic rings. The van der Waals surface area contributed by atoms with Gasteiger partial charge in [-0.1, -0.05) is 42.8 Å². The van der Waals surface area contributed by atoms with Crippen LogP contribution >= 0.6 is 11.6 Å². The average molecular weight is 322 g/mol. The third kappa shape index (κ3) is 4.46. The zero-order valence-corrected chi connectivity index (χ0v) is 12.9. The molecule has 0 radical (unpaired) electrons. The van der Waals surface area contributed by atoms with Crippen LogP contribution in [0.15, 0.2) is 48.5 Å². The molecule has 0 aromatic heterocycles. The summed E-state index contributed by atoms with van der Waals surface area (Å²) < 4.78 is 19.0. The molecule has 1 amide bonds. The lowest BCUT2D eigenvalue weighted by Gasteiger charge is -2.17. The molecule has 2 rings (SSSR count). The molecular weight excluding hydrogens is 305 g/mol. The predicted molar refractivity (Wildman–Crippen MR) is 84.4 cm³/mol. The van der Waals surface area contributed by atoms with E-state index in [0.717, 1.165) is 5.56 Å². The van der Waals surface area contributed by atoms with Crippen molar-refractivity contribution in [3.05, 3.63) is 64.9 Å². The number of para-hydroxylation sites is 1. The number of carbonyl (C=O) groups excluding carboxylic acids is 1. The Balaban J connectivity index is 1.94. The van der Waals surface area contributed by atoms with Crippen LogP contribution in [-0.2, 0) is 11.3 Å². The molecule has 116 valence electrons. The average Bonchev–Trinajstić information content (AvgIpc) is 2.53. The summed E-state index contributed by atoms with van der Waals surface area (Å²) in [6.07, 6.45) is -0.287. The maximum atomic E-state index is 13.6. The maximum absolute atomic E-state index is 13.6. The van der Waals surface area contributed by atoms with Crippen LogP contribution in [0.2, 0.25) is 5.02 Å². The third-order valence-corrected chi connectivity index (χ3v) is 3.40. The van der Waals surface area contributed by atoms with Gasteiger partial charge in [0.1, 0.15) is 0 Å². The monoisotopic (exact) mass is 321 g/mol. The van der Waals surface area contributed by atoms with Gasteiger partial charge >= 0.3 is 0 Å². The number of rotatable bonds is 6. The summed E-state index contributed by atoms with van der Waals surface area (Å²) in [6, 6.07) is 13.2. The van der Waals surface area contributed by atoms with E-state index in [1.807, 2.05) is 19.1 Å². The lowest BCUT2D eigenvalue weighted by atomic mass is 10.2. The summed E-state index contributed by atoms with van der Waals surface area (Å²) in [6.45, 7) is 2.18. The highest BCUT2D eigenvalue weighted by Crippen LogP contribution is 2.18. The fraction of sp³-hybridized carbons (Fsp3) is 0.235. The molecule has 0 aliphatic heterocycles. The number of ether oxygens (including phenoxy) is 1. The molecule has 0 aliphatic carbocycles. The van der Waals surface area contributed by atoms with Crippen LogP contribution in [0.3, 0.4) is 0 Å². The largest absolute Gasteiger partial charge is 0.478 e. The quantitative estimate of drug-likeness (QED) is 0.874. The van der Waals surface area contributed by atoms with Crippen LogP contribution < -0.4 is 10.1 Å². The van der Waals surface area contributed by atoms with E-state index in [9.17, 15) is 9.18 Å². The molecule has 5 heteroatoms. The summed E-state index contributed by atoms with van der Waals surface area (Å²) in [4.78, 5) is 12.1. The van der Waals surface area contributed by atoms with Gasteiger partial charge in [-0.15, -0.1) is 0 Å². The van der Waals surface area contributed by atoms with Crippen LogP contribution in [0, 0.1) is 5.82 Å². The van der Waals surface area contributed by atoms with Crippen molar-refractivity contribution in [3.8, 4) is 5.75 Å². The highest BCUT2D eigenvalue weighted by molar-refractivity contribution is 6.30. The van der Waals surface area contributed by atoms with Gasteiger partial charge in [0.05, 0.1) is 0 Å². The van der Waals surface area contributed by atoms with Gasteiger partial charge in [0.15, 0.2) is 17.7 Å². The number of hydrogen-bond acceptors (Lipinski definition) is 2. The van der Waals surface area contributed by atoms with E-state index < -0.39 is 11.9 Å². The first kappa shape index (κ1) is 16.3. The minimum atomic E-state index is -0.732. The van der Waals surface area contributed by atoms with Gasteiger partial charge in [0, 0.05) is 11.6 Å². The molecule has 0 heterocycles. The van der Waals surface area contributed by atoms with Crippen molar-refractivity contribution in [3.63, 3.8) is 0 Å². The smallest absolute Gasteiger partial charge is 0.261 e. The van der Waals surface area contributed by atoms with Crippen molar-refractivity contribution in [2.24, 2.45) is 0 Å². The molecule has 0 saturated carbocycles. The Hall–Kier alpha value is -2.07. The molecule has 3 nitrogen and oxygen atoms in total. The number of nitrogens with one attached hydrogen (secondary N) is 1. The summed E-state index contributed by atoms with van der Waals surface area (Å²) in [7, 11) is 0. The Morgan fingerprint density at radius 1 is 1.23 bits per heavy atom. The van der Waals surface area contributed by atoms with Gasteiger partial charge in [-0.3, -0.25) is 4.79 Å². The number of hydrogen-bond donors (Lipinski definition) is 1. The Morgan fingerprint density at radius 3 is 2.55 bits per heavy atom. The van der Waals surface area contributed by atoms with Crippen molar-refractivity contribution in [2.75, 3.05) is 0 Å². The van der Waals surface area contributed by atoms with E-state index in [4.69, 9.17) is 16.3 Å². The van der Waals surface area contributed by atoms with Gasteiger partial charge in [-0.25, -0.2) is 4.39 Å². The number of carbonyl (C=O) groups is 1. The summed E-state index contributed by atoms with van der Waals surface area (Å²) in [5.74, 6) is -0.678. The van der Waals surface area contributed by atoms with E-state index in [-0.39, 0.29) is 11.7 Å². The molecule has 22 heavy (non-hydrogen) atoms. The van der Waals surface area contributed by atoms with Crippen molar-refractivity contribution in [1.29, 1.82) is 0 Å². The molecule has 0 saturated heterocycles. The minimum absolute atomic E-state index is 0.0796. The zero-order chi connectivity index (χ0) is 15.9. The molecule has 2 aromatic carbocycles. The molecular formula is C17H17ClFNO2. The van der Waals surface area contributed by atoms with Crippen molar-refractivity contribution in [1.82, 2.24) is 5.32 Å². The van der Waals surface area contributed by atoms with E-state index in [0.29, 0.717) is 18.0 Å². The minimum Gasteiger partial charge on any atom is -0.478 e. The molecule has 0 fully saturated rings. The van der Waals surface area contributed by atoms with E-state index in [2.05, 4.69) is 5.32 Å². The van der Waals surface area contributed by atoms with Crippen LogP contribution in [-0.4, -0.2) is 12.0 Å². The molecule has 0 aliphatic rings. The number of amides is 1. The summed E-state index contributed by atoms with van der Waals surface area (Å²) >= 11 is 5.81. The molecule has 1 N–H and O–H groups in total. The predicted octanol–water partition coefficient (Wildman–Crippen LogP) is 3.95. The fourth-order valence-electron chi connectivity index (χ4n) is 1.92. The van der Waals surface area contributed by atoms with Crippen molar-refractivity contribution >= 4 is 17.5 Å². The van der Waals surface area contributed by atoms with Crippen LogP contribution in [0.1, 0.15) is 18.9 Å². The molecule has 0 bridgehead atoms. The first-order valence-electron chi connectivity index (χ1n) is 7.03. The third-order valence-electron chi connectivity index (χ3n) is 3.15. The van der Waals surface area contributed by atoms with E-state index in [1.165, 1.54) is 12.1 Å². The number of halogens is 2. The van der Waals surface area contributed by atoms with Gasteiger partial charge in [0.25, 0.3) is 5.91 Å². The second-order valence-corrected chi connectivity index (χ2v) is 5.23. The Kier molecular flexibility index (Phi) is 5.78. The molecule has 1 atom stereocenters. The van der Waals surface area contributed by atoms with Crippen LogP contribution in [0.5, 0.6) is 5.75 Å². The first-order valence-corrected chi connectivity index (χ1v) is 7.41. The lowest BCUT2D eigenvalue weighted by Crippen LogP contribution is -2.37. The molecule has 1 unspecified atom stereocenters. The lowest BCUT2D eigenvalue weighted by molar-refractivity contribution is -0.128.